The van der Waals surface area contributed by atoms with Gasteiger partial charge in [-0.3, -0.25) is 9.59 Å². The molecule has 0 aliphatic heterocycles. The first kappa shape index (κ1) is 17.2. The summed E-state index contributed by atoms with van der Waals surface area (Å²) in [7, 11) is 0. The lowest BCUT2D eigenvalue weighted by Crippen LogP contribution is -2.39. The number of ether oxygens (including phenoxy) is 2. The summed E-state index contributed by atoms with van der Waals surface area (Å²) in [6, 6.07) is 16.7. The number of nitrogens with one attached hydrogen (secondary N) is 1. The summed E-state index contributed by atoms with van der Waals surface area (Å²) in [6.07, 6.45) is -2.71. The highest BCUT2D eigenvalue weighted by molar-refractivity contribution is 6.16. The molecule has 24 heavy (non-hydrogen) atoms. The molecule has 6 heteroatoms. The van der Waals surface area contributed by atoms with Crippen LogP contribution in [0.5, 0.6) is 0 Å². The monoisotopic (exact) mass is 327 g/mol. The molecule has 1 unspecified atom stereocenters. The van der Waals surface area contributed by atoms with Gasteiger partial charge in [-0.25, -0.2) is 4.79 Å². The van der Waals surface area contributed by atoms with Gasteiger partial charge in [0.2, 0.25) is 11.9 Å². The standard InChI is InChI=1S/C18H17NO5/c1-2-23-18(22)24-16(15(20)13-9-5-3-6-10-13)17(21)19-14-11-7-4-8-12-14/h3-12,16H,2H2,1H3,(H,19,21). The van der Waals surface area contributed by atoms with E-state index in [-0.39, 0.29) is 12.2 Å². The number of para-hydroxylation sites is 1. The van der Waals surface area contributed by atoms with E-state index in [1.807, 2.05) is 0 Å². The molecule has 0 radical (unpaired) electrons. The van der Waals surface area contributed by atoms with Crippen molar-refractivity contribution in [1.29, 1.82) is 0 Å². The van der Waals surface area contributed by atoms with Crippen LogP contribution in [0.4, 0.5) is 10.5 Å². The van der Waals surface area contributed by atoms with Crippen molar-refractivity contribution in [3.05, 3.63) is 66.2 Å². The first-order chi connectivity index (χ1) is 11.6. The van der Waals surface area contributed by atoms with E-state index in [0.29, 0.717) is 5.69 Å². The van der Waals surface area contributed by atoms with Gasteiger partial charge in [-0.1, -0.05) is 48.5 Å². The fourth-order valence-electron chi connectivity index (χ4n) is 1.96. The highest BCUT2D eigenvalue weighted by atomic mass is 16.7. The van der Waals surface area contributed by atoms with Gasteiger partial charge in [-0.05, 0) is 19.1 Å². The van der Waals surface area contributed by atoms with Crippen molar-refractivity contribution in [2.24, 2.45) is 0 Å². The fraction of sp³-hybridized carbons (Fsp3) is 0.167. The number of benzene rings is 2. The van der Waals surface area contributed by atoms with Gasteiger partial charge in [-0.2, -0.15) is 0 Å². The molecule has 0 aromatic heterocycles. The number of ketones is 1. The van der Waals surface area contributed by atoms with Crippen molar-refractivity contribution < 1.29 is 23.9 Å². The van der Waals surface area contributed by atoms with Crippen LogP contribution in [0, 0.1) is 0 Å². The van der Waals surface area contributed by atoms with Crippen LogP contribution in [0.2, 0.25) is 0 Å². The quantitative estimate of drug-likeness (QED) is 0.501. The Kier molecular flexibility index (Phi) is 6.08. The second-order valence-corrected chi connectivity index (χ2v) is 4.77. The molecular formula is C18H17NO5. The molecule has 0 saturated heterocycles. The van der Waals surface area contributed by atoms with E-state index in [2.05, 4.69) is 10.1 Å². The molecule has 0 saturated carbocycles. The first-order valence-corrected chi connectivity index (χ1v) is 7.40. The van der Waals surface area contributed by atoms with Gasteiger partial charge in [0.1, 0.15) is 0 Å². The predicted molar refractivity (Wildman–Crippen MR) is 87.7 cm³/mol. The number of hydrogen-bond acceptors (Lipinski definition) is 5. The number of rotatable bonds is 6. The zero-order valence-electron chi connectivity index (χ0n) is 13.1. The van der Waals surface area contributed by atoms with Crippen LogP contribution in [0.15, 0.2) is 60.7 Å². The Morgan fingerprint density at radius 2 is 1.54 bits per heavy atom. The molecular weight excluding hydrogens is 310 g/mol. The summed E-state index contributed by atoms with van der Waals surface area (Å²) in [5.74, 6) is -1.37. The molecule has 1 amide bonds. The van der Waals surface area contributed by atoms with Crippen molar-refractivity contribution >= 4 is 23.5 Å². The Bertz CT molecular complexity index is 700. The second-order valence-electron chi connectivity index (χ2n) is 4.77. The van der Waals surface area contributed by atoms with Crippen LogP contribution in [-0.2, 0) is 14.3 Å². The topological polar surface area (TPSA) is 81.7 Å². The fourth-order valence-corrected chi connectivity index (χ4v) is 1.96. The normalized spacial score (nSPS) is 11.2. The van der Waals surface area contributed by atoms with Gasteiger partial charge in [-0.15, -0.1) is 0 Å². The first-order valence-electron chi connectivity index (χ1n) is 7.40. The molecule has 0 spiro atoms. The van der Waals surface area contributed by atoms with E-state index in [1.54, 1.807) is 67.6 Å². The largest absolute Gasteiger partial charge is 0.509 e. The molecule has 2 aromatic rings. The third kappa shape index (κ3) is 4.67. The molecule has 0 bridgehead atoms. The van der Waals surface area contributed by atoms with Crippen molar-refractivity contribution in [2.45, 2.75) is 13.0 Å². The molecule has 1 atom stereocenters. The molecule has 0 aliphatic carbocycles. The van der Waals surface area contributed by atoms with Crippen molar-refractivity contribution in [3.8, 4) is 0 Å². The molecule has 6 nitrogen and oxygen atoms in total. The van der Waals surface area contributed by atoms with E-state index in [1.165, 1.54) is 0 Å². The SMILES string of the molecule is CCOC(=O)OC(C(=O)Nc1ccccc1)C(=O)c1ccccc1. The lowest BCUT2D eigenvalue weighted by molar-refractivity contribution is -0.123. The highest BCUT2D eigenvalue weighted by Gasteiger charge is 2.32. The molecule has 1 N–H and O–H groups in total. The van der Waals surface area contributed by atoms with Gasteiger partial charge in [0.25, 0.3) is 5.91 Å². The van der Waals surface area contributed by atoms with Gasteiger partial charge >= 0.3 is 6.16 Å². The summed E-state index contributed by atoms with van der Waals surface area (Å²) in [4.78, 5) is 36.5. The minimum atomic E-state index is -1.63. The van der Waals surface area contributed by atoms with Gasteiger partial charge in [0, 0.05) is 11.3 Å². The summed E-state index contributed by atoms with van der Waals surface area (Å²) in [6.45, 7) is 1.67. The van der Waals surface area contributed by atoms with E-state index in [4.69, 9.17) is 4.74 Å². The zero-order chi connectivity index (χ0) is 17.4. The Morgan fingerprint density at radius 1 is 0.958 bits per heavy atom. The number of anilines is 1. The zero-order valence-corrected chi connectivity index (χ0v) is 13.1. The average Bonchev–Trinajstić information content (AvgIpc) is 2.61. The van der Waals surface area contributed by atoms with Crippen LogP contribution in [0.3, 0.4) is 0 Å². The van der Waals surface area contributed by atoms with Crippen molar-refractivity contribution in [3.63, 3.8) is 0 Å². The molecule has 0 fully saturated rings. The van der Waals surface area contributed by atoms with Crippen LogP contribution in [0.25, 0.3) is 0 Å². The number of hydrogen-bond donors (Lipinski definition) is 1. The van der Waals surface area contributed by atoms with Crippen molar-refractivity contribution in [2.75, 3.05) is 11.9 Å². The molecule has 124 valence electrons. The summed E-state index contributed by atoms with van der Waals surface area (Å²) in [5.41, 5.74) is 0.746. The number of Topliss-reactive ketones (excluding diaryl/α,β-unsaturated/α-hetero) is 1. The van der Waals surface area contributed by atoms with Crippen LogP contribution < -0.4 is 5.32 Å². The summed E-state index contributed by atoms with van der Waals surface area (Å²) < 4.78 is 9.58. The van der Waals surface area contributed by atoms with Crippen LogP contribution in [-0.4, -0.2) is 30.6 Å². The molecule has 2 rings (SSSR count). The molecule has 0 heterocycles. The number of carbonyl (C=O) groups excluding carboxylic acids is 3. The minimum Gasteiger partial charge on any atom is -0.435 e. The predicted octanol–water partition coefficient (Wildman–Crippen LogP) is 3.05. The van der Waals surface area contributed by atoms with Gasteiger partial charge in [0.15, 0.2) is 0 Å². The maximum Gasteiger partial charge on any atom is 0.509 e. The maximum absolute atomic E-state index is 12.5. The maximum atomic E-state index is 12.5. The van der Waals surface area contributed by atoms with Crippen LogP contribution >= 0.6 is 0 Å². The number of carbonyl (C=O) groups is 3. The van der Waals surface area contributed by atoms with Gasteiger partial charge < -0.3 is 14.8 Å². The Balaban J connectivity index is 2.20. The van der Waals surface area contributed by atoms with E-state index >= 15 is 0 Å². The third-order valence-electron chi connectivity index (χ3n) is 3.05. The summed E-state index contributed by atoms with van der Waals surface area (Å²) >= 11 is 0. The van der Waals surface area contributed by atoms with E-state index < -0.39 is 23.9 Å². The highest BCUT2D eigenvalue weighted by Crippen LogP contribution is 2.12. The lowest BCUT2D eigenvalue weighted by Gasteiger charge is -2.16. The van der Waals surface area contributed by atoms with E-state index in [9.17, 15) is 14.4 Å². The van der Waals surface area contributed by atoms with Crippen LogP contribution in [0.1, 0.15) is 17.3 Å². The Labute approximate surface area is 139 Å². The van der Waals surface area contributed by atoms with E-state index in [0.717, 1.165) is 0 Å². The minimum absolute atomic E-state index is 0.0748. The summed E-state index contributed by atoms with van der Waals surface area (Å²) in [5, 5.41) is 2.55. The van der Waals surface area contributed by atoms with Crippen molar-refractivity contribution in [1.82, 2.24) is 0 Å². The lowest BCUT2D eigenvalue weighted by atomic mass is 10.1. The Morgan fingerprint density at radius 3 is 2.12 bits per heavy atom. The Hall–Kier alpha value is -3.15. The smallest absolute Gasteiger partial charge is 0.435 e. The number of amides is 1. The average molecular weight is 327 g/mol. The second kappa shape index (κ2) is 8.47. The van der Waals surface area contributed by atoms with Gasteiger partial charge in [0.05, 0.1) is 6.61 Å². The third-order valence-corrected chi connectivity index (χ3v) is 3.05. The molecule has 0 aliphatic rings. The molecule has 2 aromatic carbocycles.